The lowest BCUT2D eigenvalue weighted by molar-refractivity contribution is -0.141. The third-order valence-corrected chi connectivity index (χ3v) is 4.88. The summed E-state index contributed by atoms with van der Waals surface area (Å²) < 4.78 is 4.60. The van der Waals surface area contributed by atoms with E-state index < -0.39 is 0 Å². The molecule has 6 nitrogen and oxygen atoms in total. The lowest BCUT2D eigenvalue weighted by Crippen LogP contribution is -2.46. The topological polar surface area (TPSA) is 66.9 Å². The molecule has 0 saturated carbocycles. The molecule has 1 unspecified atom stereocenters. The molecule has 1 aromatic rings. The lowest BCUT2D eigenvalue weighted by atomic mass is 9.96. The average Bonchev–Trinajstić information content (AvgIpc) is 2.67. The summed E-state index contributed by atoms with van der Waals surface area (Å²) in [6.45, 7) is 1.56. The number of amides is 2. The maximum atomic E-state index is 12.6. The summed E-state index contributed by atoms with van der Waals surface area (Å²) in [5.74, 6) is -0.539. The number of likely N-dealkylation sites (tertiary alicyclic amines) is 1. The van der Waals surface area contributed by atoms with Crippen molar-refractivity contribution < 1.29 is 19.1 Å². The van der Waals surface area contributed by atoms with Crippen LogP contribution in [0.5, 0.6) is 0 Å². The largest absolute Gasteiger partial charge is 0.469 e. The normalized spacial score (nSPS) is 16.9. The minimum absolute atomic E-state index is 0.0171. The van der Waals surface area contributed by atoms with E-state index in [9.17, 15) is 14.4 Å². The van der Waals surface area contributed by atoms with Crippen LogP contribution in [0, 0.1) is 5.92 Å². The van der Waals surface area contributed by atoms with Crippen molar-refractivity contribution in [2.24, 2.45) is 5.92 Å². The fraction of sp³-hybridized carbons (Fsp3) is 0.526. The predicted octanol–water partition coefficient (Wildman–Crippen LogP) is 2.60. The first-order chi connectivity index (χ1) is 12.4. The summed E-state index contributed by atoms with van der Waals surface area (Å²) in [6.07, 6.45) is 2.42. The first-order valence-electron chi connectivity index (χ1n) is 8.79. The minimum atomic E-state index is -0.275. The fourth-order valence-corrected chi connectivity index (χ4v) is 3.25. The molecule has 1 saturated heterocycles. The van der Waals surface area contributed by atoms with Crippen molar-refractivity contribution in [2.75, 3.05) is 33.8 Å². The van der Waals surface area contributed by atoms with Crippen LogP contribution in [0.4, 0.5) is 0 Å². The SMILES string of the molecule is COC(=O)CCCN(C)C(=O)C1CCCN(C(=O)c2ccc(Cl)cc2)C1. The maximum Gasteiger partial charge on any atom is 0.305 e. The second-order valence-corrected chi connectivity index (χ2v) is 6.97. The summed E-state index contributed by atoms with van der Waals surface area (Å²) in [5, 5.41) is 0.585. The van der Waals surface area contributed by atoms with Crippen molar-refractivity contribution in [1.29, 1.82) is 0 Å². The smallest absolute Gasteiger partial charge is 0.305 e. The van der Waals surface area contributed by atoms with Gasteiger partial charge in [0.25, 0.3) is 5.91 Å². The van der Waals surface area contributed by atoms with E-state index in [1.807, 2.05) is 0 Å². The van der Waals surface area contributed by atoms with Gasteiger partial charge in [0.15, 0.2) is 0 Å². The number of hydrogen-bond acceptors (Lipinski definition) is 4. The Kier molecular flexibility index (Phi) is 7.45. The summed E-state index contributed by atoms with van der Waals surface area (Å²) >= 11 is 5.87. The molecule has 26 heavy (non-hydrogen) atoms. The molecule has 0 aromatic heterocycles. The molecule has 142 valence electrons. The number of carbonyl (C=O) groups excluding carboxylic acids is 3. The van der Waals surface area contributed by atoms with E-state index >= 15 is 0 Å². The second kappa shape index (κ2) is 9.57. The van der Waals surface area contributed by atoms with Crippen molar-refractivity contribution in [1.82, 2.24) is 9.80 Å². The first-order valence-corrected chi connectivity index (χ1v) is 9.16. The van der Waals surface area contributed by atoms with Gasteiger partial charge in [0, 0.05) is 43.7 Å². The zero-order valence-corrected chi connectivity index (χ0v) is 16.0. The summed E-state index contributed by atoms with van der Waals surface area (Å²) in [5.41, 5.74) is 0.578. The monoisotopic (exact) mass is 380 g/mol. The van der Waals surface area contributed by atoms with E-state index in [-0.39, 0.29) is 23.7 Å². The number of nitrogens with zero attached hydrogens (tertiary/aromatic N) is 2. The van der Waals surface area contributed by atoms with Crippen LogP contribution in [-0.4, -0.2) is 61.4 Å². The molecule has 1 atom stereocenters. The molecule has 0 spiro atoms. The summed E-state index contributed by atoms with van der Waals surface area (Å²) in [4.78, 5) is 39.8. The van der Waals surface area contributed by atoms with E-state index in [4.69, 9.17) is 11.6 Å². The van der Waals surface area contributed by atoms with E-state index in [2.05, 4.69) is 4.74 Å². The van der Waals surface area contributed by atoms with Crippen LogP contribution in [-0.2, 0) is 14.3 Å². The van der Waals surface area contributed by atoms with Gasteiger partial charge in [0.1, 0.15) is 0 Å². The van der Waals surface area contributed by atoms with Crippen molar-refractivity contribution in [2.45, 2.75) is 25.7 Å². The number of methoxy groups -OCH3 is 1. The molecular weight excluding hydrogens is 356 g/mol. The number of rotatable bonds is 6. The predicted molar refractivity (Wildman–Crippen MR) is 99.0 cm³/mol. The van der Waals surface area contributed by atoms with Crippen LogP contribution < -0.4 is 0 Å². The third kappa shape index (κ3) is 5.46. The molecule has 1 fully saturated rings. The van der Waals surface area contributed by atoms with Crippen molar-refractivity contribution in [3.8, 4) is 0 Å². The number of piperidine rings is 1. The number of benzene rings is 1. The standard InChI is InChI=1S/C19H25ClN2O4/c1-21(11-4-6-17(23)26-2)18(24)15-5-3-12-22(13-15)19(25)14-7-9-16(20)10-8-14/h7-10,15H,3-6,11-13H2,1-2H3. The van der Waals surface area contributed by atoms with Crippen molar-refractivity contribution in [3.05, 3.63) is 34.9 Å². The van der Waals surface area contributed by atoms with E-state index in [0.29, 0.717) is 43.1 Å². The molecule has 2 amide bonds. The van der Waals surface area contributed by atoms with Gasteiger partial charge in [0.05, 0.1) is 13.0 Å². The third-order valence-electron chi connectivity index (χ3n) is 4.63. The minimum Gasteiger partial charge on any atom is -0.469 e. The highest BCUT2D eigenvalue weighted by Crippen LogP contribution is 2.21. The zero-order chi connectivity index (χ0) is 19.1. The van der Waals surface area contributed by atoms with E-state index in [0.717, 1.165) is 12.8 Å². The van der Waals surface area contributed by atoms with Crippen LogP contribution >= 0.6 is 11.6 Å². The molecule has 0 aliphatic carbocycles. The summed E-state index contributed by atoms with van der Waals surface area (Å²) in [7, 11) is 3.09. The number of hydrogen-bond donors (Lipinski definition) is 0. The van der Waals surface area contributed by atoms with Gasteiger partial charge in [-0.3, -0.25) is 14.4 Å². The van der Waals surface area contributed by atoms with Crippen molar-refractivity contribution in [3.63, 3.8) is 0 Å². The molecule has 1 heterocycles. The average molecular weight is 381 g/mol. The fourth-order valence-electron chi connectivity index (χ4n) is 3.12. The maximum absolute atomic E-state index is 12.6. The van der Waals surface area contributed by atoms with Crippen LogP contribution in [0.1, 0.15) is 36.0 Å². The second-order valence-electron chi connectivity index (χ2n) is 6.54. The number of ether oxygens (including phenoxy) is 1. The Morgan fingerprint density at radius 1 is 1.27 bits per heavy atom. The molecule has 7 heteroatoms. The van der Waals surface area contributed by atoms with Crippen LogP contribution in [0.3, 0.4) is 0 Å². The highest BCUT2D eigenvalue weighted by molar-refractivity contribution is 6.30. The zero-order valence-electron chi connectivity index (χ0n) is 15.2. The van der Waals surface area contributed by atoms with Gasteiger partial charge in [-0.2, -0.15) is 0 Å². The highest BCUT2D eigenvalue weighted by Gasteiger charge is 2.30. The molecule has 1 aliphatic rings. The molecule has 0 bridgehead atoms. The van der Waals surface area contributed by atoms with Gasteiger partial charge in [0.2, 0.25) is 5.91 Å². The van der Waals surface area contributed by atoms with Gasteiger partial charge >= 0.3 is 5.97 Å². The molecule has 1 aromatic carbocycles. The Morgan fingerprint density at radius 2 is 1.96 bits per heavy atom. The summed E-state index contributed by atoms with van der Waals surface area (Å²) in [6, 6.07) is 6.79. The molecule has 0 N–H and O–H groups in total. The molecule has 2 rings (SSSR count). The number of halogens is 1. The Hall–Kier alpha value is -2.08. The van der Waals surface area contributed by atoms with Crippen molar-refractivity contribution >= 4 is 29.4 Å². The molecule has 1 aliphatic heterocycles. The highest BCUT2D eigenvalue weighted by atomic mass is 35.5. The quantitative estimate of drug-likeness (QED) is 0.711. The van der Waals surface area contributed by atoms with Crippen LogP contribution in [0.2, 0.25) is 5.02 Å². The number of esters is 1. The van der Waals surface area contributed by atoms with E-state index in [1.54, 1.807) is 41.1 Å². The lowest BCUT2D eigenvalue weighted by Gasteiger charge is -2.34. The van der Waals surface area contributed by atoms with Gasteiger partial charge in [-0.15, -0.1) is 0 Å². The van der Waals surface area contributed by atoms with Crippen LogP contribution in [0.15, 0.2) is 24.3 Å². The van der Waals surface area contributed by atoms with Gasteiger partial charge in [-0.05, 0) is 43.5 Å². The van der Waals surface area contributed by atoms with Gasteiger partial charge in [-0.1, -0.05) is 11.6 Å². The first kappa shape index (κ1) is 20.2. The molecular formula is C19H25ClN2O4. The van der Waals surface area contributed by atoms with Crippen LogP contribution in [0.25, 0.3) is 0 Å². The number of carbonyl (C=O) groups is 3. The Balaban J connectivity index is 1.90. The Morgan fingerprint density at radius 3 is 2.62 bits per heavy atom. The van der Waals surface area contributed by atoms with E-state index in [1.165, 1.54) is 7.11 Å². The molecule has 0 radical (unpaired) electrons. The van der Waals surface area contributed by atoms with Gasteiger partial charge in [-0.25, -0.2) is 0 Å². The van der Waals surface area contributed by atoms with Gasteiger partial charge < -0.3 is 14.5 Å². The Bertz CT molecular complexity index is 647. The Labute approximate surface area is 159 Å².